The Bertz CT molecular complexity index is 475. The molecule has 0 saturated carbocycles. The molecule has 0 saturated heterocycles. The second kappa shape index (κ2) is 8.78. The number of rotatable bonds is 8. The van der Waals surface area contributed by atoms with E-state index in [9.17, 15) is 18.0 Å². The third kappa shape index (κ3) is 6.47. The Morgan fingerprint density at radius 1 is 1.27 bits per heavy atom. The van der Waals surface area contributed by atoms with Gasteiger partial charge in [-0.3, -0.25) is 4.79 Å². The van der Waals surface area contributed by atoms with Gasteiger partial charge in [0.15, 0.2) is 0 Å². The number of benzene rings is 1. The maximum atomic E-state index is 12.7. The minimum atomic E-state index is -4.32. The summed E-state index contributed by atoms with van der Waals surface area (Å²) < 4.78 is 38.0. The Kier molecular flexibility index (Phi) is 7.38. The lowest BCUT2D eigenvalue weighted by molar-refractivity contribution is -0.137. The van der Waals surface area contributed by atoms with E-state index in [2.05, 4.69) is 10.6 Å². The van der Waals surface area contributed by atoms with Crippen molar-refractivity contribution < 1.29 is 18.0 Å². The third-order valence-electron chi connectivity index (χ3n) is 3.51. The van der Waals surface area contributed by atoms with Crippen molar-refractivity contribution in [3.8, 4) is 0 Å². The van der Waals surface area contributed by atoms with Gasteiger partial charge >= 0.3 is 6.18 Å². The summed E-state index contributed by atoms with van der Waals surface area (Å²) in [5, 5.41) is 5.76. The van der Waals surface area contributed by atoms with E-state index < -0.39 is 11.7 Å². The van der Waals surface area contributed by atoms with Crippen LogP contribution in [0.1, 0.15) is 43.2 Å². The van der Waals surface area contributed by atoms with Crippen molar-refractivity contribution in [1.82, 2.24) is 10.6 Å². The Morgan fingerprint density at radius 2 is 2.00 bits per heavy atom. The normalized spacial score (nSPS) is 13.0. The predicted molar refractivity (Wildman–Crippen MR) is 80.6 cm³/mol. The molecule has 0 fully saturated rings. The van der Waals surface area contributed by atoms with Crippen molar-refractivity contribution in [2.45, 2.75) is 38.3 Å². The molecule has 0 spiro atoms. The lowest BCUT2D eigenvalue weighted by atomic mass is 9.96. The van der Waals surface area contributed by atoms with Gasteiger partial charge < -0.3 is 10.6 Å². The molecule has 2 N–H and O–H groups in total. The van der Waals surface area contributed by atoms with Gasteiger partial charge in [-0.1, -0.05) is 25.1 Å². The van der Waals surface area contributed by atoms with Crippen LogP contribution in [0.5, 0.6) is 0 Å². The molecule has 0 bridgehead atoms. The fourth-order valence-corrected chi connectivity index (χ4v) is 2.13. The van der Waals surface area contributed by atoms with E-state index in [0.717, 1.165) is 19.0 Å². The summed E-state index contributed by atoms with van der Waals surface area (Å²) in [5.74, 6) is -0.0635. The molecule has 0 aliphatic carbocycles. The van der Waals surface area contributed by atoms with E-state index in [-0.39, 0.29) is 11.8 Å². The highest BCUT2D eigenvalue weighted by atomic mass is 19.4. The highest BCUT2D eigenvalue weighted by molar-refractivity contribution is 5.75. The van der Waals surface area contributed by atoms with Crippen LogP contribution in [0.4, 0.5) is 13.2 Å². The maximum Gasteiger partial charge on any atom is 0.416 e. The smallest absolute Gasteiger partial charge is 0.356 e. The van der Waals surface area contributed by atoms with Gasteiger partial charge in [0.05, 0.1) is 5.56 Å². The minimum Gasteiger partial charge on any atom is -0.356 e. The van der Waals surface area contributed by atoms with Crippen molar-refractivity contribution in [2.24, 2.45) is 0 Å². The minimum absolute atomic E-state index is 0.0218. The van der Waals surface area contributed by atoms with Crippen molar-refractivity contribution in [2.75, 3.05) is 20.1 Å². The van der Waals surface area contributed by atoms with Gasteiger partial charge in [0.2, 0.25) is 5.91 Å². The molecule has 1 aromatic carbocycles. The van der Waals surface area contributed by atoms with Crippen LogP contribution in [0.15, 0.2) is 24.3 Å². The van der Waals surface area contributed by atoms with Crippen molar-refractivity contribution in [1.29, 1.82) is 0 Å². The largest absolute Gasteiger partial charge is 0.416 e. The van der Waals surface area contributed by atoms with Crippen LogP contribution in [-0.4, -0.2) is 26.0 Å². The zero-order valence-corrected chi connectivity index (χ0v) is 13.0. The topological polar surface area (TPSA) is 41.1 Å². The second-order valence-corrected chi connectivity index (χ2v) is 5.37. The highest BCUT2D eigenvalue weighted by Gasteiger charge is 2.30. The van der Waals surface area contributed by atoms with Crippen LogP contribution in [0.3, 0.4) is 0 Å². The van der Waals surface area contributed by atoms with E-state index in [4.69, 9.17) is 0 Å². The summed E-state index contributed by atoms with van der Waals surface area (Å²) in [5.41, 5.74) is 0.00667. The van der Waals surface area contributed by atoms with E-state index in [1.807, 2.05) is 14.0 Å². The number of carbonyl (C=O) groups is 1. The van der Waals surface area contributed by atoms with E-state index in [0.29, 0.717) is 24.9 Å². The molecule has 0 aliphatic rings. The Balaban J connectivity index is 2.42. The van der Waals surface area contributed by atoms with E-state index >= 15 is 0 Å². The summed E-state index contributed by atoms with van der Waals surface area (Å²) in [7, 11) is 1.83. The van der Waals surface area contributed by atoms with Crippen LogP contribution in [0, 0.1) is 0 Å². The van der Waals surface area contributed by atoms with Gasteiger partial charge in [0, 0.05) is 13.0 Å². The van der Waals surface area contributed by atoms with Crippen LogP contribution < -0.4 is 10.6 Å². The number of hydrogen-bond donors (Lipinski definition) is 2. The molecule has 0 heterocycles. The zero-order valence-electron chi connectivity index (χ0n) is 13.0. The first kappa shape index (κ1) is 18.5. The van der Waals surface area contributed by atoms with Gasteiger partial charge in [0.1, 0.15) is 0 Å². The quantitative estimate of drug-likeness (QED) is 0.723. The fraction of sp³-hybridized carbons (Fsp3) is 0.562. The van der Waals surface area contributed by atoms with Crippen molar-refractivity contribution >= 4 is 5.91 Å². The summed E-state index contributed by atoms with van der Waals surface area (Å²) in [6.07, 6.45) is -2.49. The second-order valence-electron chi connectivity index (χ2n) is 5.37. The van der Waals surface area contributed by atoms with Gasteiger partial charge in [0.25, 0.3) is 0 Å². The average Bonchev–Trinajstić information content (AvgIpc) is 2.46. The van der Waals surface area contributed by atoms with Gasteiger partial charge in [-0.05, 0) is 44.0 Å². The Labute approximate surface area is 129 Å². The van der Waals surface area contributed by atoms with E-state index in [1.165, 1.54) is 12.1 Å². The van der Waals surface area contributed by atoms with Gasteiger partial charge in [-0.15, -0.1) is 0 Å². The first-order valence-electron chi connectivity index (χ1n) is 7.43. The Morgan fingerprint density at radius 3 is 2.64 bits per heavy atom. The first-order chi connectivity index (χ1) is 10.3. The molecular weight excluding hydrogens is 293 g/mol. The third-order valence-corrected chi connectivity index (χ3v) is 3.51. The van der Waals surface area contributed by atoms with Crippen LogP contribution in [-0.2, 0) is 11.0 Å². The van der Waals surface area contributed by atoms with Crippen LogP contribution in [0.25, 0.3) is 0 Å². The zero-order chi connectivity index (χ0) is 16.6. The van der Waals surface area contributed by atoms with Gasteiger partial charge in [-0.25, -0.2) is 0 Å². The monoisotopic (exact) mass is 316 g/mol. The lowest BCUT2D eigenvalue weighted by Gasteiger charge is -2.15. The molecule has 124 valence electrons. The molecule has 3 nitrogen and oxygen atoms in total. The lowest BCUT2D eigenvalue weighted by Crippen LogP contribution is -2.26. The number of carbonyl (C=O) groups excluding carboxylic acids is 1. The summed E-state index contributed by atoms with van der Waals surface area (Å²) in [6.45, 7) is 3.12. The maximum absolute atomic E-state index is 12.7. The molecule has 1 atom stereocenters. The molecular formula is C16H23F3N2O. The summed E-state index contributed by atoms with van der Waals surface area (Å²) in [6, 6.07) is 5.36. The number of nitrogens with one attached hydrogen (secondary N) is 2. The number of hydrogen-bond acceptors (Lipinski definition) is 2. The molecule has 0 aliphatic heterocycles. The van der Waals surface area contributed by atoms with Gasteiger partial charge in [-0.2, -0.15) is 13.2 Å². The first-order valence-corrected chi connectivity index (χ1v) is 7.43. The molecule has 1 aromatic rings. The molecule has 1 amide bonds. The SMILES string of the molecule is CNCCCC(=O)NCCC(C)c1cccc(C(F)(F)F)c1. The molecule has 1 unspecified atom stereocenters. The average molecular weight is 316 g/mol. The van der Waals surface area contributed by atoms with E-state index in [1.54, 1.807) is 6.07 Å². The summed E-state index contributed by atoms with van der Waals surface area (Å²) in [4.78, 5) is 11.5. The fourth-order valence-electron chi connectivity index (χ4n) is 2.13. The highest BCUT2D eigenvalue weighted by Crippen LogP contribution is 2.31. The van der Waals surface area contributed by atoms with Crippen LogP contribution >= 0.6 is 0 Å². The van der Waals surface area contributed by atoms with Crippen molar-refractivity contribution in [3.05, 3.63) is 35.4 Å². The molecule has 0 radical (unpaired) electrons. The van der Waals surface area contributed by atoms with Crippen LogP contribution in [0.2, 0.25) is 0 Å². The van der Waals surface area contributed by atoms with Crippen molar-refractivity contribution in [3.63, 3.8) is 0 Å². The number of alkyl halides is 3. The number of halogens is 3. The Hall–Kier alpha value is -1.56. The predicted octanol–water partition coefficient (Wildman–Crippen LogP) is 3.31. The molecule has 0 aromatic heterocycles. The molecule has 22 heavy (non-hydrogen) atoms. The summed E-state index contributed by atoms with van der Waals surface area (Å²) >= 11 is 0. The molecule has 6 heteroatoms. The molecule has 1 rings (SSSR count). The number of amides is 1. The standard InChI is InChI=1S/C16H23F3N2O/c1-12(8-10-21-15(22)7-4-9-20-2)13-5-3-6-14(11-13)16(17,18)19/h3,5-6,11-12,20H,4,7-10H2,1-2H3,(H,21,22).